The SMILES string of the molecule is O=C(c1cc(S(=O)(=O)N2CCCC2=O)c(Cl)cc1Cl)N1CCCCC1. The third kappa shape index (κ3) is 3.50. The van der Waals surface area contributed by atoms with E-state index < -0.39 is 15.9 Å². The predicted octanol–water partition coefficient (Wildman–Crippen LogP) is 2.93. The number of benzene rings is 1. The zero-order valence-corrected chi connectivity index (χ0v) is 15.8. The molecule has 136 valence electrons. The van der Waals surface area contributed by atoms with E-state index in [0.29, 0.717) is 19.5 Å². The van der Waals surface area contributed by atoms with Gasteiger partial charge in [-0.1, -0.05) is 23.2 Å². The molecule has 0 atom stereocenters. The summed E-state index contributed by atoms with van der Waals surface area (Å²) in [6, 6.07) is 2.45. The number of amides is 2. The van der Waals surface area contributed by atoms with Gasteiger partial charge in [0.2, 0.25) is 5.91 Å². The van der Waals surface area contributed by atoms with Gasteiger partial charge < -0.3 is 4.90 Å². The van der Waals surface area contributed by atoms with Crippen molar-refractivity contribution < 1.29 is 18.0 Å². The maximum Gasteiger partial charge on any atom is 0.267 e. The van der Waals surface area contributed by atoms with E-state index in [1.54, 1.807) is 4.90 Å². The number of nitrogens with zero attached hydrogens (tertiary/aromatic N) is 2. The summed E-state index contributed by atoms with van der Waals surface area (Å²) in [6.45, 7) is 1.35. The van der Waals surface area contributed by atoms with Crippen molar-refractivity contribution in [1.82, 2.24) is 9.21 Å². The lowest BCUT2D eigenvalue weighted by molar-refractivity contribution is -0.123. The Bertz CT molecular complexity index is 820. The first-order valence-corrected chi connectivity index (χ1v) is 10.4. The minimum absolute atomic E-state index is 0.0955. The first-order chi connectivity index (χ1) is 11.8. The van der Waals surface area contributed by atoms with E-state index in [0.717, 1.165) is 23.6 Å². The van der Waals surface area contributed by atoms with Crippen molar-refractivity contribution in [3.63, 3.8) is 0 Å². The summed E-state index contributed by atoms with van der Waals surface area (Å²) in [4.78, 5) is 26.0. The molecule has 6 nitrogen and oxygen atoms in total. The van der Waals surface area contributed by atoms with E-state index in [-0.39, 0.29) is 39.4 Å². The Balaban J connectivity index is 2.01. The summed E-state index contributed by atoms with van der Waals surface area (Å²) in [6.07, 6.45) is 3.54. The number of carbonyl (C=O) groups excluding carboxylic acids is 2. The Labute approximate surface area is 156 Å². The quantitative estimate of drug-likeness (QED) is 0.775. The molecule has 2 saturated heterocycles. The zero-order chi connectivity index (χ0) is 18.2. The van der Waals surface area contributed by atoms with Gasteiger partial charge in [0.25, 0.3) is 15.9 Å². The lowest BCUT2D eigenvalue weighted by Gasteiger charge is -2.27. The van der Waals surface area contributed by atoms with Crippen LogP contribution in [-0.2, 0) is 14.8 Å². The van der Waals surface area contributed by atoms with E-state index in [1.165, 1.54) is 12.1 Å². The highest BCUT2D eigenvalue weighted by atomic mass is 35.5. The highest BCUT2D eigenvalue weighted by Crippen LogP contribution is 2.33. The van der Waals surface area contributed by atoms with Crippen LogP contribution in [0.1, 0.15) is 42.5 Å². The number of piperidine rings is 1. The summed E-state index contributed by atoms with van der Waals surface area (Å²) in [7, 11) is -4.10. The Morgan fingerprint density at radius 2 is 1.64 bits per heavy atom. The average Bonchev–Trinajstić information content (AvgIpc) is 3.02. The number of hydrogen-bond donors (Lipinski definition) is 0. The smallest absolute Gasteiger partial charge is 0.267 e. The second-order valence-corrected chi connectivity index (χ2v) is 8.83. The van der Waals surface area contributed by atoms with Crippen LogP contribution in [0.3, 0.4) is 0 Å². The summed E-state index contributed by atoms with van der Waals surface area (Å²) in [5, 5.41) is 0.00664. The molecule has 25 heavy (non-hydrogen) atoms. The molecule has 1 aromatic carbocycles. The van der Waals surface area contributed by atoms with E-state index >= 15 is 0 Å². The molecule has 9 heteroatoms. The van der Waals surface area contributed by atoms with Gasteiger partial charge in [0.05, 0.1) is 15.6 Å². The van der Waals surface area contributed by atoms with Crippen LogP contribution in [-0.4, -0.2) is 49.1 Å². The van der Waals surface area contributed by atoms with Crippen molar-refractivity contribution in [2.45, 2.75) is 37.0 Å². The van der Waals surface area contributed by atoms with Crippen molar-refractivity contribution in [2.75, 3.05) is 19.6 Å². The molecule has 1 aromatic rings. The van der Waals surface area contributed by atoms with Crippen molar-refractivity contribution in [2.24, 2.45) is 0 Å². The standard InChI is InChI=1S/C16H18Cl2N2O4S/c17-12-10-13(18)14(25(23,24)20-8-4-5-15(20)21)9-11(12)16(22)19-6-2-1-3-7-19/h9-10H,1-8H2. The summed E-state index contributed by atoms with van der Waals surface area (Å²) in [5.74, 6) is -0.777. The molecule has 2 heterocycles. The summed E-state index contributed by atoms with van der Waals surface area (Å²) >= 11 is 12.2. The molecule has 0 unspecified atom stereocenters. The molecule has 3 rings (SSSR count). The van der Waals surface area contributed by atoms with Crippen molar-refractivity contribution >= 4 is 45.0 Å². The molecular formula is C16H18Cl2N2O4S. The molecule has 0 bridgehead atoms. The lowest BCUT2D eigenvalue weighted by Crippen LogP contribution is -2.36. The van der Waals surface area contributed by atoms with Crippen LogP contribution in [0.5, 0.6) is 0 Å². The molecule has 0 radical (unpaired) electrons. The van der Waals surface area contributed by atoms with Gasteiger partial charge in [-0.2, -0.15) is 0 Å². The zero-order valence-electron chi connectivity index (χ0n) is 13.5. The Morgan fingerprint density at radius 3 is 2.24 bits per heavy atom. The Hall–Kier alpha value is -1.31. The summed E-state index contributed by atoms with van der Waals surface area (Å²) < 4.78 is 26.4. The number of rotatable bonds is 3. The molecule has 0 aromatic heterocycles. The van der Waals surface area contributed by atoms with Crippen LogP contribution >= 0.6 is 23.2 Å². The first kappa shape index (κ1) is 18.5. The number of hydrogen-bond acceptors (Lipinski definition) is 4. The first-order valence-electron chi connectivity index (χ1n) is 8.16. The van der Waals surface area contributed by atoms with Crippen LogP contribution < -0.4 is 0 Å². The van der Waals surface area contributed by atoms with Crippen LogP contribution in [0, 0.1) is 0 Å². The van der Waals surface area contributed by atoms with Crippen LogP contribution in [0.4, 0.5) is 0 Å². The van der Waals surface area contributed by atoms with E-state index in [1.807, 2.05) is 0 Å². The third-order valence-corrected chi connectivity index (χ3v) is 7.09. The molecule has 2 aliphatic heterocycles. The van der Waals surface area contributed by atoms with Crippen LogP contribution in [0.15, 0.2) is 17.0 Å². The monoisotopic (exact) mass is 404 g/mol. The van der Waals surface area contributed by atoms with E-state index in [4.69, 9.17) is 23.2 Å². The molecule has 2 fully saturated rings. The number of carbonyl (C=O) groups is 2. The largest absolute Gasteiger partial charge is 0.339 e. The van der Waals surface area contributed by atoms with Crippen LogP contribution in [0.25, 0.3) is 0 Å². The average molecular weight is 405 g/mol. The summed E-state index contributed by atoms with van der Waals surface area (Å²) in [5.41, 5.74) is 0.0955. The van der Waals surface area contributed by atoms with Gasteiger partial charge >= 0.3 is 0 Å². The highest BCUT2D eigenvalue weighted by Gasteiger charge is 2.35. The second kappa shape index (κ2) is 7.13. The number of likely N-dealkylation sites (tertiary alicyclic amines) is 1. The molecule has 2 amide bonds. The number of halogens is 2. The van der Waals surface area contributed by atoms with Crippen molar-refractivity contribution in [3.8, 4) is 0 Å². The number of sulfonamides is 1. The fourth-order valence-electron chi connectivity index (χ4n) is 3.15. The van der Waals surface area contributed by atoms with Gasteiger partial charge in [0, 0.05) is 26.1 Å². The molecule has 0 spiro atoms. The topological polar surface area (TPSA) is 74.8 Å². The lowest BCUT2D eigenvalue weighted by atomic mass is 10.1. The predicted molar refractivity (Wildman–Crippen MR) is 94.3 cm³/mol. The minimum atomic E-state index is -4.10. The third-order valence-electron chi connectivity index (χ3n) is 4.49. The maximum absolute atomic E-state index is 12.8. The van der Waals surface area contributed by atoms with Gasteiger partial charge in [0.1, 0.15) is 4.90 Å². The molecule has 0 aliphatic carbocycles. The van der Waals surface area contributed by atoms with E-state index in [9.17, 15) is 18.0 Å². The van der Waals surface area contributed by atoms with Gasteiger partial charge in [-0.25, -0.2) is 12.7 Å². The minimum Gasteiger partial charge on any atom is -0.339 e. The maximum atomic E-state index is 12.8. The van der Waals surface area contributed by atoms with Gasteiger partial charge in [-0.05, 0) is 37.8 Å². The fourth-order valence-corrected chi connectivity index (χ4v) is 5.45. The van der Waals surface area contributed by atoms with Gasteiger partial charge in [0.15, 0.2) is 0 Å². The Morgan fingerprint density at radius 1 is 0.960 bits per heavy atom. The van der Waals surface area contributed by atoms with E-state index in [2.05, 4.69) is 0 Å². The molecule has 2 aliphatic rings. The normalized spacial score (nSPS) is 18.7. The molecule has 0 saturated carbocycles. The van der Waals surface area contributed by atoms with Crippen LogP contribution in [0.2, 0.25) is 10.0 Å². The fraction of sp³-hybridized carbons (Fsp3) is 0.500. The Kier molecular flexibility index (Phi) is 5.27. The van der Waals surface area contributed by atoms with Crippen molar-refractivity contribution in [1.29, 1.82) is 0 Å². The second-order valence-electron chi connectivity index (χ2n) is 6.19. The highest BCUT2D eigenvalue weighted by molar-refractivity contribution is 7.89. The molecule has 0 N–H and O–H groups in total. The molecular weight excluding hydrogens is 387 g/mol. The van der Waals surface area contributed by atoms with Crippen molar-refractivity contribution in [3.05, 3.63) is 27.7 Å². The van der Waals surface area contributed by atoms with Gasteiger partial charge in [-0.3, -0.25) is 9.59 Å². The van der Waals surface area contributed by atoms with Gasteiger partial charge in [-0.15, -0.1) is 0 Å².